The number of benzene rings is 1. The smallest absolute Gasteiger partial charge is 0.246 e. The topological polar surface area (TPSA) is 23.6 Å². The number of hydrogen-bond acceptors (Lipinski definition) is 3. The summed E-state index contributed by atoms with van der Waals surface area (Å²) in [6.07, 6.45) is 8.78. The molecule has 0 N–H and O–H groups in total. The maximum atomic E-state index is 12.8. The molecule has 0 aliphatic carbocycles. The lowest BCUT2D eigenvalue weighted by atomic mass is 10.1. The van der Waals surface area contributed by atoms with Crippen LogP contribution >= 0.6 is 11.8 Å². The number of piperidine rings is 1. The molecular weight excluding hydrogens is 316 g/mol. The number of nitrogens with zero attached hydrogens (tertiary/aromatic N) is 2. The summed E-state index contributed by atoms with van der Waals surface area (Å²) in [6.45, 7) is 4.33. The fourth-order valence-corrected chi connectivity index (χ4v) is 4.60. The zero-order chi connectivity index (χ0) is 16.6. The van der Waals surface area contributed by atoms with Crippen LogP contribution in [0.25, 0.3) is 6.08 Å². The molecule has 2 fully saturated rings. The fraction of sp³-hybridized carbons (Fsp3) is 0.550. The summed E-state index contributed by atoms with van der Waals surface area (Å²) < 4.78 is 0. The van der Waals surface area contributed by atoms with Crippen LogP contribution in [0.3, 0.4) is 0 Å². The van der Waals surface area contributed by atoms with Gasteiger partial charge in [0.2, 0.25) is 5.91 Å². The predicted octanol–water partition coefficient (Wildman–Crippen LogP) is 3.52. The first-order valence-electron chi connectivity index (χ1n) is 9.17. The van der Waals surface area contributed by atoms with E-state index in [0.29, 0.717) is 6.04 Å². The molecule has 0 bridgehead atoms. The number of likely N-dealkylation sites (tertiary alicyclic amines) is 1. The van der Waals surface area contributed by atoms with E-state index in [1.54, 1.807) is 6.08 Å². The minimum atomic E-state index is 0.170. The van der Waals surface area contributed by atoms with Crippen molar-refractivity contribution in [3.63, 3.8) is 0 Å². The largest absolute Gasteiger partial charge is 0.334 e. The molecule has 24 heavy (non-hydrogen) atoms. The molecule has 2 aliphatic rings. The standard InChI is InChI=1S/C20H28N2OS/c23-20(11-10-18-8-3-1-4-9-18)22-14-7-15-24-17-19(22)16-21-12-5-2-6-13-21/h1,3-4,8-11,19H,2,5-7,12-17H2/b11-10+. The van der Waals surface area contributed by atoms with Gasteiger partial charge in [-0.3, -0.25) is 4.79 Å². The average Bonchev–Trinajstić information content (AvgIpc) is 2.87. The minimum absolute atomic E-state index is 0.170. The molecule has 2 aliphatic heterocycles. The van der Waals surface area contributed by atoms with Gasteiger partial charge in [0.25, 0.3) is 0 Å². The van der Waals surface area contributed by atoms with Gasteiger partial charge in [-0.05, 0) is 49.7 Å². The highest BCUT2D eigenvalue weighted by Gasteiger charge is 2.26. The monoisotopic (exact) mass is 344 g/mol. The van der Waals surface area contributed by atoms with Crippen LogP contribution < -0.4 is 0 Å². The first kappa shape index (κ1) is 17.6. The van der Waals surface area contributed by atoms with Crippen molar-refractivity contribution >= 4 is 23.7 Å². The Morgan fingerprint density at radius 1 is 1.08 bits per heavy atom. The van der Waals surface area contributed by atoms with E-state index in [0.717, 1.165) is 30.8 Å². The van der Waals surface area contributed by atoms with E-state index in [2.05, 4.69) is 9.80 Å². The van der Waals surface area contributed by atoms with Crippen molar-refractivity contribution in [2.45, 2.75) is 31.7 Å². The number of hydrogen-bond donors (Lipinski definition) is 0. The molecule has 1 atom stereocenters. The van der Waals surface area contributed by atoms with Crippen molar-refractivity contribution in [2.75, 3.05) is 37.7 Å². The molecule has 0 spiro atoms. The van der Waals surface area contributed by atoms with Crippen LogP contribution in [0, 0.1) is 0 Å². The minimum Gasteiger partial charge on any atom is -0.334 e. The summed E-state index contributed by atoms with van der Waals surface area (Å²) in [7, 11) is 0. The molecule has 4 heteroatoms. The van der Waals surface area contributed by atoms with E-state index in [9.17, 15) is 4.79 Å². The molecule has 3 nitrogen and oxygen atoms in total. The van der Waals surface area contributed by atoms with Gasteiger partial charge in [-0.15, -0.1) is 0 Å². The van der Waals surface area contributed by atoms with Crippen LogP contribution in [0.4, 0.5) is 0 Å². The molecule has 3 rings (SSSR count). The number of rotatable bonds is 4. The summed E-state index contributed by atoms with van der Waals surface area (Å²) in [6, 6.07) is 10.4. The molecule has 0 radical (unpaired) electrons. The number of thioether (sulfide) groups is 1. The third-order valence-electron chi connectivity index (χ3n) is 4.86. The quantitative estimate of drug-likeness (QED) is 0.781. The first-order chi connectivity index (χ1) is 11.8. The van der Waals surface area contributed by atoms with Crippen LogP contribution in [0.2, 0.25) is 0 Å². The van der Waals surface area contributed by atoms with Gasteiger partial charge >= 0.3 is 0 Å². The summed E-state index contributed by atoms with van der Waals surface area (Å²) in [5.41, 5.74) is 1.09. The zero-order valence-corrected chi connectivity index (χ0v) is 15.2. The lowest BCUT2D eigenvalue weighted by molar-refractivity contribution is -0.128. The highest BCUT2D eigenvalue weighted by molar-refractivity contribution is 7.99. The van der Waals surface area contributed by atoms with Gasteiger partial charge in [-0.1, -0.05) is 36.8 Å². The molecule has 2 saturated heterocycles. The second-order valence-electron chi connectivity index (χ2n) is 6.72. The molecule has 0 aromatic heterocycles. The third kappa shape index (κ3) is 5.12. The molecule has 0 saturated carbocycles. The Morgan fingerprint density at radius 2 is 1.88 bits per heavy atom. The SMILES string of the molecule is O=C(/C=C/c1ccccc1)N1CCCSCC1CN1CCCCC1. The van der Waals surface area contributed by atoms with Crippen molar-refractivity contribution in [1.29, 1.82) is 0 Å². The van der Waals surface area contributed by atoms with Crippen molar-refractivity contribution < 1.29 is 4.79 Å². The summed E-state index contributed by atoms with van der Waals surface area (Å²) >= 11 is 2.00. The third-order valence-corrected chi connectivity index (χ3v) is 6.06. The average molecular weight is 345 g/mol. The number of amides is 1. The maximum absolute atomic E-state index is 12.8. The molecule has 2 heterocycles. The van der Waals surface area contributed by atoms with Crippen molar-refractivity contribution in [3.05, 3.63) is 42.0 Å². The highest BCUT2D eigenvalue weighted by Crippen LogP contribution is 2.20. The molecular formula is C20H28N2OS. The Balaban J connectivity index is 1.64. The van der Waals surface area contributed by atoms with Gasteiger partial charge in [0, 0.05) is 24.9 Å². The normalized spacial score (nSPS) is 23.3. The molecule has 1 aromatic rings. The second kappa shape index (κ2) is 9.28. The Labute approximate surface area is 150 Å². The number of carbonyl (C=O) groups is 1. The van der Waals surface area contributed by atoms with Crippen LogP contribution in [0.1, 0.15) is 31.2 Å². The summed E-state index contributed by atoms with van der Waals surface area (Å²) in [5.74, 6) is 2.41. The van der Waals surface area contributed by atoms with Crippen LogP contribution in [0.5, 0.6) is 0 Å². The zero-order valence-electron chi connectivity index (χ0n) is 14.4. The summed E-state index contributed by atoms with van der Waals surface area (Å²) in [5, 5.41) is 0. The van der Waals surface area contributed by atoms with Crippen molar-refractivity contribution in [3.8, 4) is 0 Å². The van der Waals surface area contributed by atoms with Crippen molar-refractivity contribution in [1.82, 2.24) is 9.80 Å². The van der Waals surface area contributed by atoms with Gasteiger partial charge in [-0.25, -0.2) is 0 Å². The van der Waals surface area contributed by atoms with Gasteiger partial charge in [0.1, 0.15) is 0 Å². The van der Waals surface area contributed by atoms with E-state index in [4.69, 9.17) is 0 Å². The van der Waals surface area contributed by atoms with Crippen LogP contribution in [0.15, 0.2) is 36.4 Å². The first-order valence-corrected chi connectivity index (χ1v) is 10.3. The van der Waals surface area contributed by atoms with E-state index in [-0.39, 0.29) is 5.91 Å². The molecule has 1 aromatic carbocycles. The lowest BCUT2D eigenvalue weighted by Gasteiger charge is -2.35. The Kier molecular flexibility index (Phi) is 6.79. The van der Waals surface area contributed by atoms with Crippen LogP contribution in [-0.4, -0.2) is 59.4 Å². The van der Waals surface area contributed by atoms with E-state index < -0.39 is 0 Å². The van der Waals surface area contributed by atoms with Gasteiger partial charge in [0.05, 0.1) is 6.04 Å². The van der Waals surface area contributed by atoms with Gasteiger partial charge < -0.3 is 9.80 Å². The van der Waals surface area contributed by atoms with Crippen molar-refractivity contribution in [2.24, 2.45) is 0 Å². The molecule has 1 unspecified atom stereocenters. The van der Waals surface area contributed by atoms with Gasteiger partial charge in [-0.2, -0.15) is 11.8 Å². The van der Waals surface area contributed by atoms with E-state index in [1.807, 2.05) is 48.2 Å². The second-order valence-corrected chi connectivity index (χ2v) is 7.87. The van der Waals surface area contributed by atoms with Crippen LogP contribution in [-0.2, 0) is 4.79 Å². The van der Waals surface area contributed by atoms with Gasteiger partial charge in [0.15, 0.2) is 0 Å². The lowest BCUT2D eigenvalue weighted by Crippen LogP contribution is -2.48. The van der Waals surface area contributed by atoms with E-state index in [1.165, 1.54) is 38.1 Å². The highest BCUT2D eigenvalue weighted by atomic mass is 32.2. The number of carbonyl (C=O) groups excluding carboxylic acids is 1. The predicted molar refractivity (Wildman–Crippen MR) is 103 cm³/mol. The molecule has 130 valence electrons. The summed E-state index contributed by atoms with van der Waals surface area (Å²) in [4.78, 5) is 17.5. The maximum Gasteiger partial charge on any atom is 0.246 e. The Hall–Kier alpha value is -1.26. The Bertz CT molecular complexity index is 540. The molecule has 1 amide bonds. The fourth-order valence-electron chi connectivity index (χ4n) is 3.54. The Morgan fingerprint density at radius 3 is 2.67 bits per heavy atom. The van der Waals surface area contributed by atoms with E-state index >= 15 is 0 Å².